The molecule has 0 spiro atoms. The molecule has 1 atom stereocenters. The van der Waals surface area contributed by atoms with Gasteiger partial charge in [-0.2, -0.15) is 0 Å². The number of hydrogen-bond donors (Lipinski definition) is 2. The molecule has 0 saturated heterocycles. The molecule has 1 saturated carbocycles. The lowest BCUT2D eigenvalue weighted by molar-refractivity contribution is 0.558. The van der Waals surface area contributed by atoms with Crippen molar-refractivity contribution in [2.45, 2.75) is 37.9 Å². The first-order chi connectivity index (χ1) is 6.93. The Labute approximate surface area is 96.7 Å². The maximum Gasteiger partial charge on any atom is 0.214 e. The van der Waals surface area contributed by atoms with Crippen molar-refractivity contribution < 1.29 is 8.42 Å². The van der Waals surface area contributed by atoms with Crippen molar-refractivity contribution in [2.24, 2.45) is 11.7 Å². The van der Waals surface area contributed by atoms with Gasteiger partial charge < -0.3 is 5.73 Å². The summed E-state index contributed by atoms with van der Waals surface area (Å²) in [5.41, 5.74) is 5.42. The zero-order chi connectivity index (χ0) is 11.5. The fourth-order valence-electron chi connectivity index (χ4n) is 1.66. The van der Waals surface area contributed by atoms with E-state index in [-0.39, 0.29) is 11.2 Å². The zero-order valence-electron chi connectivity index (χ0n) is 8.90. The van der Waals surface area contributed by atoms with E-state index in [2.05, 4.69) is 4.72 Å². The third-order valence-corrected chi connectivity index (χ3v) is 5.14. The molecule has 1 unspecified atom stereocenters. The first kappa shape index (κ1) is 12.9. The quantitative estimate of drug-likeness (QED) is 0.707. The molecule has 88 valence electrons. The van der Waals surface area contributed by atoms with Gasteiger partial charge in [0.05, 0.1) is 10.2 Å². The Kier molecular flexibility index (Phi) is 4.48. The Balaban J connectivity index is 2.46. The molecular formula is C9H18N2O2S2. The summed E-state index contributed by atoms with van der Waals surface area (Å²) in [4.78, 5) is 0.351. The highest BCUT2D eigenvalue weighted by molar-refractivity contribution is 7.90. The zero-order valence-corrected chi connectivity index (χ0v) is 10.5. The van der Waals surface area contributed by atoms with Crippen LogP contribution in [0, 0.1) is 5.92 Å². The topological polar surface area (TPSA) is 72.2 Å². The average molecular weight is 250 g/mol. The fourth-order valence-corrected chi connectivity index (χ4v) is 3.41. The molecule has 15 heavy (non-hydrogen) atoms. The molecule has 1 aliphatic carbocycles. The summed E-state index contributed by atoms with van der Waals surface area (Å²) in [6.07, 6.45) is 3.57. The maximum atomic E-state index is 11.8. The second-order valence-electron chi connectivity index (χ2n) is 4.10. The van der Waals surface area contributed by atoms with Crippen LogP contribution in [0.25, 0.3) is 0 Å². The van der Waals surface area contributed by atoms with Gasteiger partial charge in [-0.25, -0.2) is 13.1 Å². The summed E-state index contributed by atoms with van der Waals surface area (Å²) in [6.45, 7) is 2.13. The van der Waals surface area contributed by atoms with Crippen molar-refractivity contribution in [2.75, 3.05) is 6.54 Å². The summed E-state index contributed by atoms with van der Waals surface area (Å²) in [5.74, 6) is -0.0869. The first-order valence-corrected chi connectivity index (χ1v) is 7.16. The molecule has 6 heteroatoms. The average Bonchev–Trinajstić information content (AvgIpc) is 2.67. The number of sulfonamides is 1. The van der Waals surface area contributed by atoms with Gasteiger partial charge in [-0.3, -0.25) is 0 Å². The third kappa shape index (κ3) is 3.70. The van der Waals surface area contributed by atoms with Crippen molar-refractivity contribution >= 4 is 27.2 Å². The number of nitrogens with one attached hydrogen (secondary N) is 1. The molecule has 0 bridgehead atoms. The Morgan fingerprint density at radius 2 is 2.07 bits per heavy atom. The van der Waals surface area contributed by atoms with Crippen molar-refractivity contribution in [3.8, 4) is 0 Å². The van der Waals surface area contributed by atoms with Crippen LogP contribution in [0.3, 0.4) is 0 Å². The summed E-state index contributed by atoms with van der Waals surface area (Å²) in [7, 11) is -3.15. The Bertz CT molecular complexity index is 321. The third-order valence-electron chi connectivity index (χ3n) is 2.82. The van der Waals surface area contributed by atoms with Gasteiger partial charge in [0, 0.05) is 12.5 Å². The molecule has 4 nitrogen and oxygen atoms in total. The Morgan fingerprint density at radius 1 is 1.53 bits per heavy atom. The highest BCUT2D eigenvalue weighted by Crippen LogP contribution is 2.23. The van der Waals surface area contributed by atoms with Crippen LogP contribution in [0.2, 0.25) is 0 Å². The van der Waals surface area contributed by atoms with E-state index in [0.29, 0.717) is 11.5 Å². The fraction of sp³-hybridized carbons (Fsp3) is 0.889. The molecule has 0 heterocycles. The minimum atomic E-state index is -3.15. The van der Waals surface area contributed by atoms with Crippen LogP contribution >= 0.6 is 12.2 Å². The second-order valence-corrected chi connectivity index (χ2v) is 6.62. The predicted octanol–water partition coefficient (Wildman–Crippen LogP) is 0.771. The molecule has 3 N–H and O–H groups in total. The van der Waals surface area contributed by atoms with Gasteiger partial charge in [-0.15, -0.1) is 0 Å². The van der Waals surface area contributed by atoms with Crippen LogP contribution < -0.4 is 10.5 Å². The molecule has 0 aromatic rings. The molecule has 0 amide bonds. The molecule has 1 aliphatic rings. The van der Waals surface area contributed by atoms with Crippen molar-refractivity contribution in [3.05, 3.63) is 0 Å². The van der Waals surface area contributed by atoms with Gasteiger partial charge in [-0.05, 0) is 12.8 Å². The van der Waals surface area contributed by atoms with Crippen molar-refractivity contribution in [3.63, 3.8) is 0 Å². The summed E-state index contributed by atoms with van der Waals surface area (Å²) >= 11 is 4.78. The molecule has 0 aromatic heterocycles. The summed E-state index contributed by atoms with van der Waals surface area (Å²) < 4.78 is 26.1. The summed E-state index contributed by atoms with van der Waals surface area (Å²) in [5, 5.41) is -0.212. The van der Waals surface area contributed by atoms with Gasteiger partial charge >= 0.3 is 0 Å². The largest absolute Gasteiger partial charge is 0.393 e. The first-order valence-electron chi connectivity index (χ1n) is 5.21. The van der Waals surface area contributed by atoms with E-state index >= 15 is 0 Å². The molecule has 1 fully saturated rings. The lowest BCUT2D eigenvalue weighted by Gasteiger charge is -2.15. The van der Waals surface area contributed by atoms with E-state index in [9.17, 15) is 8.42 Å². The van der Waals surface area contributed by atoms with E-state index in [0.717, 1.165) is 25.7 Å². The number of hydrogen-bond acceptors (Lipinski definition) is 3. The number of rotatable bonds is 5. The smallest absolute Gasteiger partial charge is 0.214 e. The van der Waals surface area contributed by atoms with E-state index < -0.39 is 10.0 Å². The SMILES string of the molecule is CC(CNS(=O)(=O)C1CCCC1)C(N)=S. The van der Waals surface area contributed by atoms with Crippen LogP contribution in [-0.2, 0) is 10.0 Å². The number of nitrogens with two attached hydrogens (primary N) is 1. The predicted molar refractivity (Wildman–Crippen MR) is 65.1 cm³/mol. The van der Waals surface area contributed by atoms with Crippen molar-refractivity contribution in [1.29, 1.82) is 0 Å². The molecule has 1 rings (SSSR count). The van der Waals surface area contributed by atoms with Gasteiger partial charge in [0.1, 0.15) is 0 Å². The molecule has 0 radical (unpaired) electrons. The lowest BCUT2D eigenvalue weighted by atomic mass is 10.2. The number of thiocarbonyl (C=S) groups is 1. The van der Waals surface area contributed by atoms with E-state index in [1.807, 2.05) is 6.92 Å². The Morgan fingerprint density at radius 3 is 2.53 bits per heavy atom. The van der Waals surface area contributed by atoms with Crippen LogP contribution in [0.5, 0.6) is 0 Å². The highest BCUT2D eigenvalue weighted by Gasteiger charge is 2.28. The normalized spacial score (nSPS) is 20.3. The minimum Gasteiger partial charge on any atom is -0.393 e. The van der Waals surface area contributed by atoms with Gasteiger partial charge in [0.15, 0.2) is 0 Å². The van der Waals surface area contributed by atoms with Crippen LogP contribution in [0.15, 0.2) is 0 Å². The molecule has 0 aliphatic heterocycles. The van der Waals surface area contributed by atoms with Crippen LogP contribution in [0.1, 0.15) is 32.6 Å². The molecule has 0 aromatic carbocycles. The van der Waals surface area contributed by atoms with Gasteiger partial charge in [0.2, 0.25) is 10.0 Å². The molecular weight excluding hydrogens is 232 g/mol. The summed E-state index contributed by atoms with van der Waals surface area (Å²) in [6, 6.07) is 0. The van der Waals surface area contributed by atoms with Crippen LogP contribution in [0.4, 0.5) is 0 Å². The Hall–Kier alpha value is -0.200. The lowest BCUT2D eigenvalue weighted by Crippen LogP contribution is -2.38. The monoisotopic (exact) mass is 250 g/mol. The minimum absolute atomic E-state index is 0.0869. The van der Waals surface area contributed by atoms with Gasteiger partial charge in [0.25, 0.3) is 0 Å². The van der Waals surface area contributed by atoms with Crippen LogP contribution in [-0.4, -0.2) is 25.2 Å². The van der Waals surface area contributed by atoms with Gasteiger partial charge in [-0.1, -0.05) is 32.0 Å². The second kappa shape index (κ2) is 5.23. The van der Waals surface area contributed by atoms with E-state index in [4.69, 9.17) is 18.0 Å². The highest BCUT2D eigenvalue weighted by atomic mass is 32.2. The maximum absolute atomic E-state index is 11.8. The van der Waals surface area contributed by atoms with Crippen molar-refractivity contribution in [1.82, 2.24) is 4.72 Å². The standard InChI is InChI=1S/C9H18N2O2S2/c1-7(9(10)14)6-11-15(12,13)8-4-2-3-5-8/h7-8,11H,2-6H2,1H3,(H2,10,14). The van der Waals surface area contributed by atoms with E-state index in [1.54, 1.807) is 0 Å². The van der Waals surface area contributed by atoms with E-state index in [1.165, 1.54) is 0 Å².